The fourth-order valence-electron chi connectivity index (χ4n) is 2.05. The van der Waals surface area contributed by atoms with Crippen molar-refractivity contribution in [2.24, 2.45) is 5.41 Å². The molecule has 1 aliphatic carbocycles. The van der Waals surface area contributed by atoms with Gasteiger partial charge in [-0.25, -0.2) is 4.39 Å². The van der Waals surface area contributed by atoms with E-state index in [0.717, 1.165) is 31.4 Å². The second-order valence-corrected chi connectivity index (χ2v) is 5.27. The zero-order valence-electron chi connectivity index (χ0n) is 10.2. The van der Waals surface area contributed by atoms with Gasteiger partial charge in [-0.15, -0.1) is 0 Å². The molecule has 1 aromatic carbocycles. The molecule has 2 N–H and O–H groups in total. The predicted molar refractivity (Wildman–Crippen MR) is 66.3 cm³/mol. The molecule has 0 radical (unpaired) electrons. The zero-order valence-corrected chi connectivity index (χ0v) is 10.2. The molecule has 2 nitrogen and oxygen atoms in total. The SMILES string of the molecule is CC(Cc1cccc(F)c1)NCC1(CO)CC1. The molecule has 94 valence electrons. The van der Waals surface area contributed by atoms with Gasteiger partial charge < -0.3 is 10.4 Å². The van der Waals surface area contributed by atoms with Crippen molar-refractivity contribution in [2.45, 2.75) is 32.2 Å². The summed E-state index contributed by atoms with van der Waals surface area (Å²) in [6, 6.07) is 7.04. The molecular weight excluding hydrogens is 217 g/mol. The summed E-state index contributed by atoms with van der Waals surface area (Å²) in [6.07, 6.45) is 3.05. The van der Waals surface area contributed by atoms with Crippen LogP contribution >= 0.6 is 0 Å². The second kappa shape index (κ2) is 5.15. The molecule has 1 unspecified atom stereocenters. The van der Waals surface area contributed by atoms with Crippen molar-refractivity contribution in [2.75, 3.05) is 13.2 Å². The molecule has 1 aromatic rings. The van der Waals surface area contributed by atoms with Crippen molar-refractivity contribution >= 4 is 0 Å². The van der Waals surface area contributed by atoms with Crippen molar-refractivity contribution in [1.29, 1.82) is 0 Å². The maximum absolute atomic E-state index is 13.0. The lowest BCUT2D eigenvalue weighted by Gasteiger charge is -2.18. The zero-order chi connectivity index (χ0) is 12.3. The Morgan fingerprint density at radius 1 is 1.47 bits per heavy atom. The smallest absolute Gasteiger partial charge is 0.123 e. The van der Waals surface area contributed by atoms with Crippen LogP contribution in [0.15, 0.2) is 24.3 Å². The minimum atomic E-state index is -0.177. The number of rotatable bonds is 6. The first kappa shape index (κ1) is 12.5. The molecule has 0 aliphatic heterocycles. The highest BCUT2D eigenvalue weighted by molar-refractivity contribution is 5.17. The van der Waals surface area contributed by atoms with E-state index < -0.39 is 0 Å². The molecule has 0 aromatic heterocycles. The summed E-state index contributed by atoms with van der Waals surface area (Å²) in [5, 5.41) is 12.6. The van der Waals surface area contributed by atoms with Crippen molar-refractivity contribution in [3.8, 4) is 0 Å². The van der Waals surface area contributed by atoms with E-state index in [0.29, 0.717) is 6.04 Å². The first-order valence-electron chi connectivity index (χ1n) is 6.22. The molecule has 0 amide bonds. The minimum absolute atomic E-state index is 0.135. The normalized spacial score (nSPS) is 19.0. The van der Waals surface area contributed by atoms with Crippen molar-refractivity contribution in [3.63, 3.8) is 0 Å². The Morgan fingerprint density at radius 3 is 2.82 bits per heavy atom. The maximum atomic E-state index is 13.0. The van der Waals surface area contributed by atoms with Crippen LogP contribution in [-0.2, 0) is 6.42 Å². The highest BCUT2D eigenvalue weighted by atomic mass is 19.1. The summed E-state index contributed by atoms with van der Waals surface area (Å²) < 4.78 is 13.0. The molecule has 1 aliphatic rings. The molecule has 1 atom stereocenters. The topological polar surface area (TPSA) is 32.3 Å². The number of halogens is 1. The number of hydrogen-bond acceptors (Lipinski definition) is 2. The summed E-state index contributed by atoms with van der Waals surface area (Å²) in [5.74, 6) is -0.177. The fraction of sp³-hybridized carbons (Fsp3) is 0.571. The molecule has 0 bridgehead atoms. The molecule has 3 heteroatoms. The Kier molecular flexibility index (Phi) is 3.79. The van der Waals surface area contributed by atoms with Crippen LogP contribution in [-0.4, -0.2) is 24.3 Å². The van der Waals surface area contributed by atoms with Gasteiger partial charge in [-0.3, -0.25) is 0 Å². The van der Waals surface area contributed by atoms with E-state index in [-0.39, 0.29) is 17.8 Å². The lowest BCUT2D eigenvalue weighted by atomic mass is 10.0. The van der Waals surface area contributed by atoms with Gasteiger partial charge in [0.1, 0.15) is 5.82 Å². The van der Waals surface area contributed by atoms with Crippen LogP contribution in [0.1, 0.15) is 25.3 Å². The average Bonchev–Trinajstić information content (AvgIpc) is 3.07. The monoisotopic (exact) mass is 237 g/mol. The first-order chi connectivity index (χ1) is 8.13. The second-order valence-electron chi connectivity index (χ2n) is 5.27. The minimum Gasteiger partial charge on any atom is -0.396 e. The third-order valence-electron chi connectivity index (χ3n) is 3.55. The van der Waals surface area contributed by atoms with Crippen LogP contribution in [0.3, 0.4) is 0 Å². The molecule has 0 spiro atoms. The fourth-order valence-corrected chi connectivity index (χ4v) is 2.05. The average molecular weight is 237 g/mol. The number of benzene rings is 1. The lowest BCUT2D eigenvalue weighted by molar-refractivity contribution is 0.204. The summed E-state index contributed by atoms with van der Waals surface area (Å²) in [6.45, 7) is 3.23. The van der Waals surface area contributed by atoms with Gasteiger partial charge in [0.05, 0.1) is 0 Å². The number of nitrogens with one attached hydrogen (secondary N) is 1. The Bertz CT molecular complexity index is 376. The van der Waals surface area contributed by atoms with E-state index in [1.165, 1.54) is 6.07 Å². The predicted octanol–water partition coefficient (Wildman–Crippen LogP) is 2.12. The largest absolute Gasteiger partial charge is 0.396 e. The van der Waals surface area contributed by atoms with E-state index in [4.69, 9.17) is 0 Å². The number of aliphatic hydroxyl groups is 1. The molecule has 1 fully saturated rings. The van der Waals surface area contributed by atoms with Gasteiger partial charge in [-0.2, -0.15) is 0 Å². The van der Waals surface area contributed by atoms with Gasteiger partial charge in [0.2, 0.25) is 0 Å². The van der Waals surface area contributed by atoms with Gasteiger partial charge in [0, 0.05) is 24.6 Å². The van der Waals surface area contributed by atoms with Crippen LogP contribution in [0.25, 0.3) is 0 Å². The van der Waals surface area contributed by atoms with Crippen molar-refractivity contribution < 1.29 is 9.50 Å². The Morgan fingerprint density at radius 2 is 2.24 bits per heavy atom. The van der Waals surface area contributed by atoms with Crippen molar-refractivity contribution in [1.82, 2.24) is 5.32 Å². The van der Waals surface area contributed by atoms with E-state index in [2.05, 4.69) is 12.2 Å². The van der Waals surface area contributed by atoms with Gasteiger partial charge in [0.15, 0.2) is 0 Å². The molecule has 1 saturated carbocycles. The number of aliphatic hydroxyl groups excluding tert-OH is 1. The van der Waals surface area contributed by atoms with Crippen LogP contribution in [0.5, 0.6) is 0 Å². The molecule has 2 rings (SSSR count). The quantitative estimate of drug-likeness (QED) is 0.794. The van der Waals surface area contributed by atoms with Crippen LogP contribution < -0.4 is 5.32 Å². The van der Waals surface area contributed by atoms with E-state index in [9.17, 15) is 9.50 Å². The first-order valence-corrected chi connectivity index (χ1v) is 6.22. The Labute approximate surface area is 102 Å². The summed E-state index contributed by atoms with van der Waals surface area (Å²) in [7, 11) is 0. The summed E-state index contributed by atoms with van der Waals surface area (Å²) in [4.78, 5) is 0. The van der Waals surface area contributed by atoms with Gasteiger partial charge in [-0.05, 0) is 43.9 Å². The van der Waals surface area contributed by atoms with Crippen LogP contribution in [0.2, 0.25) is 0 Å². The molecule has 0 saturated heterocycles. The van der Waals surface area contributed by atoms with E-state index in [1.54, 1.807) is 12.1 Å². The van der Waals surface area contributed by atoms with Crippen molar-refractivity contribution in [3.05, 3.63) is 35.6 Å². The Hall–Kier alpha value is -0.930. The van der Waals surface area contributed by atoms with E-state index in [1.807, 2.05) is 6.07 Å². The van der Waals surface area contributed by atoms with Gasteiger partial charge in [0.25, 0.3) is 0 Å². The van der Waals surface area contributed by atoms with Gasteiger partial charge >= 0.3 is 0 Å². The third kappa shape index (κ3) is 3.51. The third-order valence-corrected chi connectivity index (χ3v) is 3.55. The highest BCUT2D eigenvalue weighted by Crippen LogP contribution is 2.44. The standard InChI is InChI=1S/C14H20FNO/c1-11(16-9-14(10-17)5-6-14)7-12-3-2-4-13(15)8-12/h2-4,8,11,16-17H,5-7,9-10H2,1H3. The number of hydrogen-bond donors (Lipinski definition) is 2. The molecule has 17 heavy (non-hydrogen) atoms. The Balaban J connectivity index is 1.79. The lowest BCUT2D eigenvalue weighted by Crippen LogP contribution is -2.34. The highest BCUT2D eigenvalue weighted by Gasteiger charge is 2.41. The van der Waals surface area contributed by atoms with Gasteiger partial charge in [-0.1, -0.05) is 12.1 Å². The summed E-state index contributed by atoms with van der Waals surface area (Å²) >= 11 is 0. The molecule has 0 heterocycles. The van der Waals surface area contributed by atoms with E-state index >= 15 is 0 Å². The molecular formula is C14H20FNO. The summed E-state index contributed by atoms with van der Waals surface area (Å²) in [5.41, 5.74) is 1.15. The van der Waals surface area contributed by atoms with Crippen LogP contribution in [0.4, 0.5) is 4.39 Å². The van der Waals surface area contributed by atoms with Crippen LogP contribution in [0, 0.1) is 11.2 Å². The maximum Gasteiger partial charge on any atom is 0.123 e.